The molecule has 0 fully saturated rings. The molecule has 0 saturated carbocycles. The molecule has 2 atom stereocenters. The van der Waals surface area contributed by atoms with Crippen LogP contribution in [-0.4, -0.2) is 46.1 Å². The van der Waals surface area contributed by atoms with Crippen molar-refractivity contribution < 1.29 is 24.2 Å². The lowest BCUT2D eigenvalue weighted by Gasteiger charge is -2.34. The number of ether oxygens (including phenoxy) is 1. The van der Waals surface area contributed by atoms with Crippen LogP contribution >= 0.6 is 11.6 Å². The molecule has 0 heterocycles. The number of phenolic OH excluding ortho intramolecular Hbond substituents is 1. The quantitative estimate of drug-likeness (QED) is 0.249. The average molecular weight is 578 g/mol. The van der Waals surface area contributed by atoms with E-state index in [1.54, 1.807) is 69.3 Å². The minimum atomic E-state index is -1.10. The maximum Gasteiger partial charge on any atom is 0.408 e. The summed E-state index contributed by atoms with van der Waals surface area (Å²) in [6.45, 7) is 10.8. The smallest absolute Gasteiger partial charge is 0.408 e. The first kappa shape index (κ1) is 31.2. The molecule has 0 aliphatic carbocycles. The zero-order valence-corrected chi connectivity index (χ0v) is 24.4. The molecular weight excluding hydrogens is 542 g/mol. The second-order valence-electron chi connectivity index (χ2n) is 10.6. The van der Waals surface area contributed by atoms with Gasteiger partial charge in [0.15, 0.2) is 0 Å². The van der Waals surface area contributed by atoms with E-state index in [4.69, 9.17) is 16.3 Å². The minimum absolute atomic E-state index is 0.00932. The van der Waals surface area contributed by atoms with E-state index in [0.29, 0.717) is 21.8 Å². The maximum atomic E-state index is 14.3. The van der Waals surface area contributed by atoms with Crippen molar-refractivity contribution in [1.29, 1.82) is 0 Å². The Morgan fingerprint density at radius 2 is 1.68 bits per heavy atom. The Hall–Kier alpha value is -4.30. The number of nitrogens with one attached hydrogen (secondary N) is 2. The molecule has 0 aliphatic rings. The molecule has 0 aromatic heterocycles. The number of hydrogen-bond donors (Lipinski definition) is 3. The Labute approximate surface area is 246 Å². The van der Waals surface area contributed by atoms with Gasteiger partial charge in [-0.3, -0.25) is 9.59 Å². The summed E-state index contributed by atoms with van der Waals surface area (Å²) < 4.78 is 5.44. The van der Waals surface area contributed by atoms with Crippen molar-refractivity contribution in [2.45, 2.75) is 51.8 Å². The topological polar surface area (TPSA) is 108 Å². The number of amides is 3. The summed E-state index contributed by atoms with van der Waals surface area (Å²) in [4.78, 5) is 42.4. The van der Waals surface area contributed by atoms with Crippen LogP contribution in [0.5, 0.6) is 5.75 Å². The molecule has 41 heavy (non-hydrogen) atoms. The predicted molar refractivity (Wildman–Crippen MR) is 161 cm³/mol. The van der Waals surface area contributed by atoms with E-state index < -0.39 is 35.6 Å². The van der Waals surface area contributed by atoms with E-state index in [2.05, 4.69) is 17.2 Å². The highest BCUT2D eigenvalue weighted by atomic mass is 35.5. The highest BCUT2D eigenvalue weighted by molar-refractivity contribution is 6.34. The molecule has 0 spiro atoms. The molecule has 3 rings (SSSR count). The molecule has 216 valence electrons. The van der Waals surface area contributed by atoms with Gasteiger partial charge in [0.1, 0.15) is 23.4 Å². The number of aryl methyl sites for hydroxylation is 1. The Morgan fingerprint density at radius 3 is 2.27 bits per heavy atom. The van der Waals surface area contributed by atoms with Crippen LogP contribution in [0.4, 0.5) is 10.5 Å². The first-order chi connectivity index (χ1) is 19.4. The molecule has 0 saturated heterocycles. The maximum absolute atomic E-state index is 14.3. The van der Waals surface area contributed by atoms with E-state index in [9.17, 15) is 19.5 Å². The van der Waals surface area contributed by atoms with Crippen molar-refractivity contribution in [3.63, 3.8) is 0 Å². The van der Waals surface area contributed by atoms with Gasteiger partial charge in [0.25, 0.3) is 5.91 Å². The van der Waals surface area contributed by atoms with Gasteiger partial charge in [0, 0.05) is 13.0 Å². The van der Waals surface area contributed by atoms with E-state index in [1.807, 2.05) is 19.1 Å². The van der Waals surface area contributed by atoms with Gasteiger partial charge in [-0.15, -0.1) is 6.58 Å². The third-order valence-electron chi connectivity index (χ3n) is 6.12. The van der Waals surface area contributed by atoms with Crippen LogP contribution in [0.15, 0.2) is 85.5 Å². The third-order valence-corrected chi connectivity index (χ3v) is 6.43. The van der Waals surface area contributed by atoms with Gasteiger partial charge >= 0.3 is 6.09 Å². The fourth-order valence-electron chi connectivity index (χ4n) is 4.27. The number of carbonyl (C=O) groups excluding carboxylic acids is 3. The minimum Gasteiger partial charge on any atom is -0.508 e. The van der Waals surface area contributed by atoms with E-state index in [0.717, 1.165) is 5.56 Å². The monoisotopic (exact) mass is 577 g/mol. The van der Waals surface area contributed by atoms with Crippen LogP contribution < -0.4 is 10.6 Å². The SMILES string of the molecule is C=CCN(C(=O)C(Cc1ccc(O)cc1)NC(=O)OC(C)(C)C)C(C(=O)Nc1c(C)cccc1Cl)c1ccccc1. The van der Waals surface area contributed by atoms with Crippen LogP contribution in [0.25, 0.3) is 0 Å². The van der Waals surface area contributed by atoms with Gasteiger partial charge in [-0.25, -0.2) is 4.79 Å². The molecule has 3 aromatic rings. The lowest BCUT2D eigenvalue weighted by Crippen LogP contribution is -2.53. The van der Waals surface area contributed by atoms with Crippen molar-refractivity contribution in [3.05, 3.63) is 107 Å². The number of para-hydroxylation sites is 1. The summed E-state index contributed by atoms with van der Waals surface area (Å²) in [7, 11) is 0. The molecule has 0 bridgehead atoms. The number of alkyl carbamates (subject to hydrolysis) is 1. The van der Waals surface area contributed by atoms with Crippen molar-refractivity contribution in [3.8, 4) is 5.75 Å². The Balaban J connectivity index is 2.04. The lowest BCUT2D eigenvalue weighted by molar-refractivity contribution is -0.140. The van der Waals surface area contributed by atoms with Crippen LogP contribution in [0.3, 0.4) is 0 Å². The summed E-state index contributed by atoms with van der Waals surface area (Å²) in [6, 6.07) is 18.3. The number of rotatable bonds is 10. The number of hydrogen-bond acceptors (Lipinski definition) is 5. The molecule has 3 aromatic carbocycles. The number of benzene rings is 3. The van der Waals surface area contributed by atoms with Crippen molar-refractivity contribution in [2.75, 3.05) is 11.9 Å². The number of anilines is 1. The molecule has 3 amide bonds. The number of nitrogens with zero attached hydrogens (tertiary/aromatic N) is 1. The van der Waals surface area contributed by atoms with Crippen molar-refractivity contribution in [2.24, 2.45) is 0 Å². The lowest BCUT2D eigenvalue weighted by atomic mass is 10.00. The molecule has 8 nitrogen and oxygen atoms in total. The zero-order valence-electron chi connectivity index (χ0n) is 23.7. The normalized spacial score (nSPS) is 12.5. The molecule has 0 radical (unpaired) electrons. The average Bonchev–Trinajstić information content (AvgIpc) is 2.90. The third kappa shape index (κ3) is 8.85. The van der Waals surface area contributed by atoms with Gasteiger partial charge in [-0.1, -0.05) is 72.3 Å². The second-order valence-corrected chi connectivity index (χ2v) is 11.0. The summed E-state index contributed by atoms with van der Waals surface area (Å²) in [6.07, 6.45) is 0.826. The van der Waals surface area contributed by atoms with Crippen molar-refractivity contribution >= 4 is 35.2 Å². The second kappa shape index (κ2) is 13.9. The molecule has 3 N–H and O–H groups in total. The first-order valence-corrected chi connectivity index (χ1v) is 13.6. The van der Waals surface area contributed by atoms with Gasteiger partial charge in [0.05, 0.1) is 10.7 Å². The number of phenols is 1. The van der Waals surface area contributed by atoms with Crippen LogP contribution in [0.2, 0.25) is 5.02 Å². The predicted octanol–water partition coefficient (Wildman–Crippen LogP) is 6.18. The Kier molecular flexibility index (Phi) is 10.6. The largest absolute Gasteiger partial charge is 0.508 e. The number of aromatic hydroxyl groups is 1. The standard InChI is InChI=1S/C32H36ClN3O5/c1-6-19-36(28(23-12-8-7-9-13-23)29(38)35-27-21(2)11-10-14-25(27)33)30(39)26(34-31(40)41-32(3,4)5)20-22-15-17-24(37)18-16-22/h6-18,26,28,37H,1,19-20H2,2-5H3,(H,34,40)(H,35,38). The highest BCUT2D eigenvalue weighted by Gasteiger charge is 2.36. The summed E-state index contributed by atoms with van der Waals surface area (Å²) in [5.41, 5.74) is 1.65. The molecule has 9 heteroatoms. The summed E-state index contributed by atoms with van der Waals surface area (Å²) in [5, 5.41) is 15.7. The fraction of sp³-hybridized carbons (Fsp3) is 0.281. The van der Waals surface area contributed by atoms with Gasteiger partial charge < -0.3 is 25.4 Å². The van der Waals surface area contributed by atoms with Crippen molar-refractivity contribution in [1.82, 2.24) is 10.2 Å². The van der Waals surface area contributed by atoms with Gasteiger partial charge in [-0.2, -0.15) is 0 Å². The first-order valence-electron chi connectivity index (χ1n) is 13.2. The molecule has 0 aliphatic heterocycles. The summed E-state index contributed by atoms with van der Waals surface area (Å²) in [5.74, 6) is -0.937. The molecule has 2 unspecified atom stereocenters. The number of halogens is 1. The van der Waals surface area contributed by atoms with E-state index in [-0.39, 0.29) is 18.7 Å². The Bertz CT molecular complexity index is 1350. The van der Waals surface area contributed by atoms with Crippen LogP contribution in [0.1, 0.15) is 43.5 Å². The highest BCUT2D eigenvalue weighted by Crippen LogP contribution is 2.29. The fourth-order valence-corrected chi connectivity index (χ4v) is 4.54. The summed E-state index contributed by atoms with van der Waals surface area (Å²) >= 11 is 6.40. The Morgan fingerprint density at radius 1 is 1.02 bits per heavy atom. The zero-order chi connectivity index (χ0) is 30.2. The van der Waals surface area contributed by atoms with Crippen LogP contribution in [0, 0.1) is 6.92 Å². The van der Waals surface area contributed by atoms with Gasteiger partial charge in [-0.05, 0) is 62.6 Å². The van der Waals surface area contributed by atoms with Crippen LogP contribution in [-0.2, 0) is 20.7 Å². The van der Waals surface area contributed by atoms with E-state index >= 15 is 0 Å². The van der Waals surface area contributed by atoms with Gasteiger partial charge in [0.2, 0.25) is 5.91 Å². The van der Waals surface area contributed by atoms with E-state index in [1.165, 1.54) is 23.1 Å². The number of carbonyl (C=O) groups is 3. The molecular formula is C32H36ClN3O5.